The molecule has 0 saturated carbocycles. The van der Waals surface area contributed by atoms with E-state index in [1.54, 1.807) is 0 Å². The van der Waals surface area contributed by atoms with Gasteiger partial charge in [-0.2, -0.15) is 0 Å². The molecule has 2 rings (SSSR count). The summed E-state index contributed by atoms with van der Waals surface area (Å²) >= 11 is 0. The molecule has 0 unspecified atom stereocenters. The summed E-state index contributed by atoms with van der Waals surface area (Å²) in [7, 11) is 0. The second-order valence-electron chi connectivity index (χ2n) is 3.27. The monoisotopic (exact) mass is 191 g/mol. The maximum Gasteiger partial charge on any atom is 0.225 e. The number of amides is 1. The number of carbonyl (C=O) groups excluding carboxylic acids is 1. The van der Waals surface area contributed by atoms with E-state index < -0.39 is 0 Å². The van der Waals surface area contributed by atoms with Crippen LogP contribution in [-0.2, 0) is 4.79 Å². The zero-order valence-electron chi connectivity index (χ0n) is 7.86. The van der Waals surface area contributed by atoms with Crippen LogP contribution in [0.15, 0.2) is 35.8 Å². The van der Waals surface area contributed by atoms with Crippen LogP contribution in [0.25, 0.3) is 0 Å². The fourth-order valence-corrected chi connectivity index (χ4v) is 1.64. The number of fused-ring (bicyclic) bond motifs is 1. The van der Waals surface area contributed by atoms with Gasteiger partial charge in [-0.3, -0.25) is 10.2 Å². The van der Waals surface area contributed by atoms with Gasteiger partial charge in [0.2, 0.25) is 6.41 Å². The molecule has 4 heteroatoms. The van der Waals surface area contributed by atoms with E-state index in [2.05, 4.69) is 34.0 Å². The summed E-state index contributed by atoms with van der Waals surface area (Å²) in [6.07, 6.45) is 11.0. The van der Waals surface area contributed by atoms with Crippen molar-refractivity contribution in [2.75, 3.05) is 6.54 Å². The molecule has 14 heavy (non-hydrogen) atoms. The standard InChI is InChI=1S/C10H13N3O/c14-8-11-12-9-4-5-10-3-1-2-6-13(10)7-9/h1-2,5,7-8,12H,3-4,6H2,(H,11,14). The van der Waals surface area contributed by atoms with Crippen LogP contribution in [0.3, 0.4) is 0 Å². The Balaban J connectivity index is 2.01. The van der Waals surface area contributed by atoms with E-state index in [-0.39, 0.29) is 0 Å². The van der Waals surface area contributed by atoms with Crippen LogP contribution in [0.2, 0.25) is 0 Å². The van der Waals surface area contributed by atoms with E-state index in [9.17, 15) is 4.79 Å². The number of nitrogens with zero attached hydrogens (tertiary/aromatic N) is 1. The summed E-state index contributed by atoms with van der Waals surface area (Å²) in [5, 5.41) is 0. The number of hydrogen-bond donors (Lipinski definition) is 2. The molecular formula is C10H13N3O. The number of nitrogens with one attached hydrogen (secondary N) is 2. The number of hydrazine groups is 1. The van der Waals surface area contributed by atoms with Gasteiger partial charge in [0.1, 0.15) is 0 Å². The number of allylic oxidation sites excluding steroid dienone is 2. The molecule has 0 saturated heterocycles. The molecule has 0 radical (unpaired) electrons. The first kappa shape index (κ1) is 8.87. The first-order valence-electron chi connectivity index (χ1n) is 4.66. The van der Waals surface area contributed by atoms with Gasteiger partial charge in [0.25, 0.3) is 0 Å². The minimum Gasteiger partial charge on any atom is -0.346 e. The van der Waals surface area contributed by atoms with Gasteiger partial charge >= 0.3 is 0 Å². The van der Waals surface area contributed by atoms with Crippen molar-refractivity contribution in [2.45, 2.75) is 12.8 Å². The molecule has 2 heterocycles. The molecule has 1 amide bonds. The average molecular weight is 191 g/mol. The lowest BCUT2D eigenvalue weighted by molar-refractivity contribution is -0.110. The van der Waals surface area contributed by atoms with E-state index in [4.69, 9.17) is 0 Å². The van der Waals surface area contributed by atoms with Crippen molar-refractivity contribution in [2.24, 2.45) is 0 Å². The molecule has 2 aliphatic heterocycles. The Kier molecular flexibility index (Phi) is 2.53. The van der Waals surface area contributed by atoms with Gasteiger partial charge in [0.15, 0.2) is 0 Å². The van der Waals surface area contributed by atoms with E-state index >= 15 is 0 Å². The van der Waals surface area contributed by atoms with Crippen LogP contribution in [0.4, 0.5) is 0 Å². The van der Waals surface area contributed by atoms with Crippen LogP contribution in [-0.4, -0.2) is 17.9 Å². The third-order valence-corrected chi connectivity index (χ3v) is 2.33. The quantitative estimate of drug-likeness (QED) is 0.390. The van der Waals surface area contributed by atoms with Crippen molar-refractivity contribution in [3.8, 4) is 0 Å². The highest BCUT2D eigenvalue weighted by Gasteiger charge is 2.13. The van der Waals surface area contributed by atoms with Gasteiger partial charge in [-0.05, 0) is 0 Å². The molecule has 74 valence electrons. The molecule has 2 N–H and O–H groups in total. The van der Waals surface area contributed by atoms with Crippen LogP contribution >= 0.6 is 0 Å². The lowest BCUT2D eigenvalue weighted by Crippen LogP contribution is -2.33. The van der Waals surface area contributed by atoms with Gasteiger partial charge in [-0.25, -0.2) is 0 Å². The highest BCUT2D eigenvalue weighted by atomic mass is 16.1. The van der Waals surface area contributed by atoms with E-state index in [1.807, 2.05) is 6.20 Å². The highest BCUT2D eigenvalue weighted by Crippen LogP contribution is 2.22. The van der Waals surface area contributed by atoms with Gasteiger partial charge in [-0.15, -0.1) is 0 Å². The lowest BCUT2D eigenvalue weighted by atomic mass is 10.1. The number of hydrogen-bond acceptors (Lipinski definition) is 3. The third kappa shape index (κ3) is 1.79. The molecule has 0 spiro atoms. The molecule has 0 bridgehead atoms. The Bertz CT molecular complexity index is 317. The fraction of sp³-hybridized carbons (Fsp3) is 0.300. The minimum atomic E-state index is 0.635. The Morgan fingerprint density at radius 1 is 1.36 bits per heavy atom. The van der Waals surface area contributed by atoms with Gasteiger partial charge in [0, 0.05) is 31.3 Å². The summed E-state index contributed by atoms with van der Waals surface area (Å²) in [4.78, 5) is 12.3. The van der Waals surface area contributed by atoms with E-state index in [1.165, 1.54) is 5.70 Å². The Hall–Kier alpha value is -1.71. The van der Waals surface area contributed by atoms with Crippen molar-refractivity contribution in [3.05, 3.63) is 35.8 Å². The van der Waals surface area contributed by atoms with Crippen molar-refractivity contribution in [1.29, 1.82) is 0 Å². The Labute approximate surface area is 82.9 Å². The normalized spacial score (nSPS) is 19.3. The first-order valence-corrected chi connectivity index (χ1v) is 4.66. The molecule has 0 aromatic carbocycles. The highest BCUT2D eigenvalue weighted by molar-refractivity contribution is 5.45. The van der Waals surface area contributed by atoms with Crippen LogP contribution in [0.5, 0.6) is 0 Å². The van der Waals surface area contributed by atoms with Crippen molar-refractivity contribution < 1.29 is 4.79 Å². The second kappa shape index (κ2) is 4.00. The minimum absolute atomic E-state index is 0.635. The smallest absolute Gasteiger partial charge is 0.225 e. The van der Waals surface area contributed by atoms with E-state index in [0.717, 1.165) is 25.1 Å². The molecule has 0 atom stereocenters. The summed E-state index contributed by atoms with van der Waals surface area (Å²) in [5.41, 5.74) is 7.63. The van der Waals surface area contributed by atoms with Crippen molar-refractivity contribution >= 4 is 6.41 Å². The molecule has 4 nitrogen and oxygen atoms in total. The molecule has 0 aromatic rings. The summed E-state index contributed by atoms with van der Waals surface area (Å²) in [6.45, 7) is 0.915. The predicted octanol–water partition coefficient (Wildman–Crippen LogP) is 0.628. The van der Waals surface area contributed by atoms with Crippen LogP contribution in [0.1, 0.15) is 12.8 Å². The number of carbonyl (C=O) groups is 1. The summed E-state index contributed by atoms with van der Waals surface area (Å²) in [5.74, 6) is 0. The zero-order chi connectivity index (χ0) is 9.80. The van der Waals surface area contributed by atoms with Gasteiger partial charge < -0.3 is 10.3 Å². The van der Waals surface area contributed by atoms with Gasteiger partial charge in [-0.1, -0.05) is 18.2 Å². The van der Waals surface area contributed by atoms with Gasteiger partial charge in [0.05, 0.1) is 5.70 Å². The third-order valence-electron chi connectivity index (χ3n) is 2.33. The average Bonchev–Trinajstić information content (AvgIpc) is 2.26. The maximum atomic E-state index is 10.1. The van der Waals surface area contributed by atoms with Crippen molar-refractivity contribution in [3.63, 3.8) is 0 Å². The topological polar surface area (TPSA) is 44.4 Å². The first-order chi connectivity index (χ1) is 6.90. The number of rotatable bonds is 3. The summed E-state index contributed by atoms with van der Waals surface area (Å²) < 4.78 is 0. The van der Waals surface area contributed by atoms with Crippen LogP contribution < -0.4 is 10.9 Å². The summed E-state index contributed by atoms with van der Waals surface area (Å²) in [6, 6.07) is 0. The lowest BCUT2D eigenvalue weighted by Gasteiger charge is -2.29. The van der Waals surface area contributed by atoms with E-state index in [0.29, 0.717) is 6.41 Å². The van der Waals surface area contributed by atoms with Crippen molar-refractivity contribution in [1.82, 2.24) is 15.8 Å². The Morgan fingerprint density at radius 2 is 2.29 bits per heavy atom. The predicted molar refractivity (Wildman–Crippen MR) is 53.6 cm³/mol. The fourth-order valence-electron chi connectivity index (χ4n) is 1.64. The van der Waals surface area contributed by atoms with Crippen LogP contribution in [0, 0.1) is 0 Å². The SMILES string of the molecule is O=CNNC1=CN2CC=CCC2=CC1. The molecule has 0 aromatic heterocycles. The Morgan fingerprint density at radius 3 is 3.14 bits per heavy atom. The second-order valence-corrected chi connectivity index (χ2v) is 3.27. The molecule has 0 aliphatic carbocycles. The molecule has 2 aliphatic rings. The molecular weight excluding hydrogens is 178 g/mol. The zero-order valence-corrected chi connectivity index (χ0v) is 7.86. The maximum absolute atomic E-state index is 10.1. The largest absolute Gasteiger partial charge is 0.346 e. The molecule has 0 fully saturated rings.